The Kier molecular flexibility index (Phi) is 4.89. The number of benzene rings is 1. The summed E-state index contributed by atoms with van der Waals surface area (Å²) in [6.07, 6.45) is 3.86. The Bertz CT molecular complexity index is 712. The monoisotopic (exact) mass is 328 g/mol. The minimum Gasteiger partial charge on any atom is -0.350 e. The lowest BCUT2D eigenvalue weighted by Gasteiger charge is -2.23. The Morgan fingerprint density at radius 2 is 2.21 bits per heavy atom. The third-order valence-electron chi connectivity index (χ3n) is 4.93. The highest BCUT2D eigenvalue weighted by Crippen LogP contribution is 2.22. The van der Waals surface area contributed by atoms with Crippen LogP contribution in [0, 0.1) is 13.8 Å². The smallest absolute Gasteiger partial charge is 0.253 e. The molecular weight excluding hydrogens is 304 g/mol. The Morgan fingerprint density at radius 3 is 2.92 bits per heavy atom. The lowest BCUT2D eigenvalue weighted by molar-refractivity contribution is 0.0941. The fourth-order valence-electron chi connectivity index (χ4n) is 3.39. The molecule has 1 amide bonds. The standard InChI is InChI=1S/C17H24N6O/c1-4-22-9-5-6-14(22)10-18-17(24)15-8-7-12(2)13(3)16(15)23-11-19-20-21-23/h7-8,11,14H,4-6,9-10H2,1-3H3,(H,18,24)/t14-/m1/s1. The third kappa shape index (κ3) is 3.17. The summed E-state index contributed by atoms with van der Waals surface area (Å²) >= 11 is 0. The average Bonchev–Trinajstić information content (AvgIpc) is 3.25. The first-order valence-corrected chi connectivity index (χ1v) is 8.47. The first-order valence-electron chi connectivity index (χ1n) is 8.47. The van der Waals surface area contributed by atoms with Crippen LogP contribution >= 0.6 is 0 Å². The van der Waals surface area contributed by atoms with Crippen LogP contribution in [0.25, 0.3) is 5.69 Å². The number of nitrogens with one attached hydrogen (secondary N) is 1. The molecule has 0 unspecified atom stereocenters. The highest BCUT2D eigenvalue weighted by Gasteiger charge is 2.24. The number of nitrogens with zero attached hydrogens (tertiary/aromatic N) is 5. The molecule has 2 heterocycles. The first kappa shape index (κ1) is 16.6. The third-order valence-corrected chi connectivity index (χ3v) is 4.93. The number of likely N-dealkylation sites (tertiary alicyclic amines) is 1. The molecule has 24 heavy (non-hydrogen) atoms. The van der Waals surface area contributed by atoms with Crippen molar-refractivity contribution in [3.8, 4) is 5.69 Å². The van der Waals surface area contributed by atoms with Crippen molar-refractivity contribution in [1.82, 2.24) is 30.4 Å². The van der Waals surface area contributed by atoms with Crippen molar-refractivity contribution >= 4 is 5.91 Å². The van der Waals surface area contributed by atoms with Crippen molar-refractivity contribution in [2.75, 3.05) is 19.6 Å². The van der Waals surface area contributed by atoms with E-state index in [1.807, 2.05) is 26.0 Å². The number of rotatable bonds is 5. The zero-order chi connectivity index (χ0) is 17.1. The van der Waals surface area contributed by atoms with Gasteiger partial charge in [0.2, 0.25) is 0 Å². The second-order valence-electron chi connectivity index (χ2n) is 6.29. The van der Waals surface area contributed by atoms with Crippen LogP contribution in [0.3, 0.4) is 0 Å². The van der Waals surface area contributed by atoms with E-state index in [0.717, 1.165) is 36.3 Å². The predicted molar refractivity (Wildman–Crippen MR) is 91.2 cm³/mol. The molecule has 128 valence electrons. The fourth-order valence-corrected chi connectivity index (χ4v) is 3.39. The molecule has 1 aromatic heterocycles. The minimum absolute atomic E-state index is 0.0773. The number of hydrogen-bond donors (Lipinski definition) is 1. The van der Waals surface area contributed by atoms with Gasteiger partial charge in [-0.2, -0.15) is 4.68 Å². The highest BCUT2D eigenvalue weighted by atomic mass is 16.1. The molecule has 0 radical (unpaired) electrons. The molecule has 7 heteroatoms. The predicted octanol–water partition coefficient (Wildman–Crippen LogP) is 1.49. The van der Waals surface area contributed by atoms with Crippen LogP contribution in [0.15, 0.2) is 18.5 Å². The molecule has 0 aliphatic carbocycles. The van der Waals surface area contributed by atoms with E-state index in [0.29, 0.717) is 18.2 Å². The lowest BCUT2D eigenvalue weighted by atomic mass is 10.0. The van der Waals surface area contributed by atoms with Gasteiger partial charge in [0, 0.05) is 12.6 Å². The van der Waals surface area contributed by atoms with Crippen molar-refractivity contribution in [3.63, 3.8) is 0 Å². The van der Waals surface area contributed by atoms with Gasteiger partial charge in [-0.3, -0.25) is 9.69 Å². The van der Waals surface area contributed by atoms with E-state index in [1.54, 1.807) is 4.68 Å². The molecule has 3 rings (SSSR count). The van der Waals surface area contributed by atoms with Crippen LogP contribution < -0.4 is 5.32 Å². The second-order valence-corrected chi connectivity index (χ2v) is 6.29. The summed E-state index contributed by atoms with van der Waals surface area (Å²) in [6.45, 7) is 8.99. The molecule has 7 nitrogen and oxygen atoms in total. The van der Waals surface area contributed by atoms with Crippen LogP contribution in [0.4, 0.5) is 0 Å². The molecule has 1 atom stereocenters. The normalized spacial score (nSPS) is 18.0. The Labute approximate surface area is 142 Å². The van der Waals surface area contributed by atoms with Crippen LogP contribution in [-0.2, 0) is 0 Å². The summed E-state index contributed by atoms with van der Waals surface area (Å²) in [5, 5.41) is 14.4. The van der Waals surface area contributed by atoms with E-state index in [9.17, 15) is 4.79 Å². The summed E-state index contributed by atoms with van der Waals surface area (Å²) in [6, 6.07) is 4.24. The van der Waals surface area contributed by atoms with E-state index in [1.165, 1.54) is 12.7 Å². The SMILES string of the molecule is CCN1CCC[C@@H]1CNC(=O)c1ccc(C)c(C)c1-n1cnnn1. The number of carbonyl (C=O) groups excluding carboxylic acids is 1. The minimum atomic E-state index is -0.0773. The van der Waals surface area contributed by atoms with E-state index in [-0.39, 0.29) is 5.91 Å². The number of amides is 1. The summed E-state index contributed by atoms with van der Waals surface area (Å²) < 4.78 is 1.56. The van der Waals surface area contributed by atoms with Gasteiger partial charge in [0.1, 0.15) is 6.33 Å². The van der Waals surface area contributed by atoms with Crippen LogP contribution in [-0.4, -0.2) is 56.7 Å². The quantitative estimate of drug-likeness (QED) is 0.900. The van der Waals surface area contributed by atoms with Crippen molar-refractivity contribution in [2.45, 2.75) is 39.7 Å². The Morgan fingerprint density at radius 1 is 1.38 bits per heavy atom. The van der Waals surface area contributed by atoms with Gasteiger partial charge >= 0.3 is 0 Å². The molecule has 1 saturated heterocycles. The Balaban J connectivity index is 1.81. The van der Waals surface area contributed by atoms with Crippen LogP contribution in [0.2, 0.25) is 0 Å². The number of tetrazole rings is 1. The summed E-state index contributed by atoms with van der Waals surface area (Å²) in [4.78, 5) is 15.2. The van der Waals surface area contributed by atoms with Gasteiger partial charge in [-0.25, -0.2) is 0 Å². The zero-order valence-corrected chi connectivity index (χ0v) is 14.5. The maximum absolute atomic E-state index is 12.8. The number of hydrogen-bond acceptors (Lipinski definition) is 5. The number of likely N-dealkylation sites (N-methyl/N-ethyl adjacent to an activating group) is 1. The molecule has 1 aliphatic rings. The molecule has 0 bridgehead atoms. The van der Waals surface area contributed by atoms with Gasteiger partial charge in [0.25, 0.3) is 5.91 Å². The summed E-state index contributed by atoms with van der Waals surface area (Å²) in [7, 11) is 0. The molecular formula is C17H24N6O. The summed E-state index contributed by atoms with van der Waals surface area (Å²) in [5.41, 5.74) is 3.46. The van der Waals surface area contributed by atoms with Gasteiger partial charge in [0.15, 0.2) is 0 Å². The molecule has 0 saturated carbocycles. The molecule has 1 aromatic carbocycles. The topological polar surface area (TPSA) is 75.9 Å². The van der Waals surface area contributed by atoms with Gasteiger partial charge in [0.05, 0.1) is 11.3 Å². The van der Waals surface area contributed by atoms with Gasteiger partial charge in [-0.15, -0.1) is 5.10 Å². The van der Waals surface area contributed by atoms with E-state index < -0.39 is 0 Å². The maximum Gasteiger partial charge on any atom is 0.253 e. The molecule has 2 aromatic rings. The maximum atomic E-state index is 12.8. The highest BCUT2D eigenvalue weighted by molar-refractivity contribution is 5.98. The lowest BCUT2D eigenvalue weighted by Crippen LogP contribution is -2.40. The van der Waals surface area contributed by atoms with E-state index in [4.69, 9.17) is 0 Å². The van der Waals surface area contributed by atoms with Crippen molar-refractivity contribution in [3.05, 3.63) is 35.2 Å². The van der Waals surface area contributed by atoms with E-state index >= 15 is 0 Å². The number of carbonyl (C=O) groups is 1. The van der Waals surface area contributed by atoms with Crippen molar-refractivity contribution in [2.24, 2.45) is 0 Å². The van der Waals surface area contributed by atoms with Crippen molar-refractivity contribution < 1.29 is 4.79 Å². The number of aryl methyl sites for hydroxylation is 1. The van der Waals surface area contributed by atoms with Crippen LogP contribution in [0.5, 0.6) is 0 Å². The zero-order valence-electron chi connectivity index (χ0n) is 14.5. The second kappa shape index (κ2) is 7.09. The fraction of sp³-hybridized carbons (Fsp3) is 0.529. The first-order chi connectivity index (χ1) is 11.6. The van der Waals surface area contributed by atoms with Crippen LogP contribution in [0.1, 0.15) is 41.3 Å². The molecule has 1 aliphatic heterocycles. The van der Waals surface area contributed by atoms with Gasteiger partial charge < -0.3 is 5.32 Å². The average molecular weight is 328 g/mol. The van der Waals surface area contributed by atoms with Gasteiger partial charge in [-0.1, -0.05) is 13.0 Å². The van der Waals surface area contributed by atoms with Crippen molar-refractivity contribution in [1.29, 1.82) is 0 Å². The molecule has 1 fully saturated rings. The van der Waals surface area contributed by atoms with E-state index in [2.05, 4.69) is 32.7 Å². The molecule has 0 spiro atoms. The van der Waals surface area contributed by atoms with Gasteiger partial charge in [-0.05, 0) is 67.4 Å². The summed E-state index contributed by atoms with van der Waals surface area (Å²) in [5.74, 6) is -0.0773. The number of aromatic nitrogens is 4. The molecule has 1 N–H and O–H groups in total. The Hall–Kier alpha value is -2.28. The largest absolute Gasteiger partial charge is 0.350 e.